The summed E-state index contributed by atoms with van der Waals surface area (Å²) in [5.41, 5.74) is -0.464. The van der Waals surface area contributed by atoms with E-state index in [0.29, 0.717) is 11.6 Å². The molecule has 2 aromatic rings. The van der Waals surface area contributed by atoms with Gasteiger partial charge in [-0.3, -0.25) is 4.57 Å². The molecule has 0 bridgehead atoms. The van der Waals surface area contributed by atoms with E-state index in [4.69, 9.17) is 0 Å². The Morgan fingerprint density at radius 1 is 0.913 bits per heavy atom. The van der Waals surface area contributed by atoms with Gasteiger partial charge < -0.3 is 35.3 Å². The average Bonchev–Trinajstić information content (AvgIpc) is 2.38. The van der Waals surface area contributed by atoms with Crippen molar-refractivity contribution in [3.05, 3.63) is 47.5 Å². The number of phenolic OH excluding ortho intramolecular Hbond substituents is 3. The van der Waals surface area contributed by atoms with Gasteiger partial charge in [-0.15, -0.1) is 0 Å². The van der Waals surface area contributed by atoms with Crippen molar-refractivity contribution in [1.82, 2.24) is 0 Å². The Labute approximate surface area is 130 Å². The van der Waals surface area contributed by atoms with E-state index >= 15 is 0 Å². The molecule has 0 aliphatic carbocycles. The Morgan fingerprint density at radius 3 is 2.00 bits per heavy atom. The molecule has 0 fully saturated rings. The summed E-state index contributed by atoms with van der Waals surface area (Å²) in [7, 11) is -5.00. The van der Waals surface area contributed by atoms with Crippen molar-refractivity contribution in [2.75, 3.05) is 0 Å². The Hall–Kier alpha value is -2.09. The van der Waals surface area contributed by atoms with E-state index < -0.39 is 42.2 Å². The molecule has 7 N–H and O–H groups in total. The van der Waals surface area contributed by atoms with Crippen molar-refractivity contribution in [2.24, 2.45) is 0 Å². The molecule has 0 unspecified atom stereocenters. The molecular weight excluding hydrogens is 327 g/mol. The van der Waals surface area contributed by atoms with E-state index in [1.54, 1.807) is 0 Å². The minimum Gasteiger partial charge on any atom is -0.508 e. The predicted octanol–water partition coefficient (Wildman–Crippen LogP) is -0.0135. The molecule has 0 amide bonds. The lowest BCUT2D eigenvalue weighted by atomic mass is 9.96. The number of benzene rings is 2. The van der Waals surface area contributed by atoms with Crippen LogP contribution in [0.25, 0.3) is 0 Å². The van der Waals surface area contributed by atoms with E-state index in [-0.39, 0.29) is 5.75 Å². The van der Waals surface area contributed by atoms with E-state index in [1.807, 2.05) is 0 Å². The van der Waals surface area contributed by atoms with Crippen LogP contribution in [0.5, 0.6) is 17.2 Å². The van der Waals surface area contributed by atoms with Crippen LogP contribution in [-0.4, -0.2) is 35.3 Å². The third kappa shape index (κ3) is 3.82. The Balaban J connectivity index is 2.54. The molecule has 0 heterocycles. The van der Waals surface area contributed by atoms with Gasteiger partial charge in [-0.25, -0.2) is 0 Å². The lowest BCUT2D eigenvalue weighted by Gasteiger charge is -2.26. The Morgan fingerprint density at radius 2 is 1.48 bits per heavy atom. The summed E-state index contributed by atoms with van der Waals surface area (Å²) in [5.74, 6) is -4.36. The fraction of sp³-hybridized carbons (Fsp3) is 0.143. The van der Waals surface area contributed by atoms with E-state index in [0.717, 1.165) is 6.07 Å². The molecule has 9 heteroatoms. The van der Waals surface area contributed by atoms with Gasteiger partial charge in [0.05, 0.1) is 10.9 Å². The van der Waals surface area contributed by atoms with Gasteiger partial charge in [0.15, 0.2) is 5.79 Å². The molecule has 0 aliphatic rings. The molecule has 0 radical (unpaired) electrons. The summed E-state index contributed by atoms with van der Waals surface area (Å²) >= 11 is 0. The lowest BCUT2D eigenvalue weighted by Crippen LogP contribution is -2.33. The molecule has 0 saturated heterocycles. The highest BCUT2D eigenvalue weighted by atomic mass is 31.2. The Kier molecular flexibility index (Phi) is 4.39. The second-order valence-electron chi connectivity index (χ2n) is 5.06. The summed E-state index contributed by atoms with van der Waals surface area (Å²) in [6, 6.07) is 6.76. The molecule has 0 atom stereocenters. The third-order valence-corrected chi connectivity index (χ3v) is 4.16. The van der Waals surface area contributed by atoms with Gasteiger partial charge in [0, 0.05) is 12.5 Å². The first-order valence-electron chi connectivity index (χ1n) is 6.36. The number of phenols is 3. The highest BCUT2D eigenvalue weighted by Crippen LogP contribution is 2.42. The SMILES string of the molecule is O=P(O)(O)c1cc(O)cc(O)c1C(O)(O)Cc1ccc(O)cc1. The zero-order valence-corrected chi connectivity index (χ0v) is 12.6. The van der Waals surface area contributed by atoms with Crippen LogP contribution < -0.4 is 5.30 Å². The molecule has 124 valence electrons. The summed E-state index contributed by atoms with van der Waals surface area (Å²) in [5, 5.41) is 48.0. The summed E-state index contributed by atoms with van der Waals surface area (Å²) in [6.45, 7) is 0. The first-order valence-corrected chi connectivity index (χ1v) is 7.97. The van der Waals surface area contributed by atoms with Crippen LogP contribution in [0.2, 0.25) is 0 Å². The van der Waals surface area contributed by atoms with Gasteiger partial charge in [-0.2, -0.15) is 0 Å². The highest BCUT2D eigenvalue weighted by molar-refractivity contribution is 7.60. The van der Waals surface area contributed by atoms with Crippen LogP contribution in [0.15, 0.2) is 36.4 Å². The summed E-state index contributed by atoms with van der Waals surface area (Å²) in [6.07, 6.45) is -0.515. The molecule has 8 nitrogen and oxygen atoms in total. The monoisotopic (exact) mass is 342 g/mol. The van der Waals surface area contributed by atoms with Gasteiger partial charge in [-0.1, -0.05) is 12.1 Å². The highest BCUT2D eigenvalue weighted by Gasteiger charge is 2.38. The normalized spacial score (nSPS) is 12.3. The molecule has 23 heavy (non-hydrogen) atoms. The molecule has 2 aromatic carbocycles. The number of rotatable bonds is 4. The molecule has 0 aromatic heterocycles. The maximum atomic E-state index is 11.5. The zero-order valence-electron chi connectivity index (χ0n) is 11.7. The van der Waals surface area contributed by atoms with Crippen molar-refractivity contribution in [3.63, 3.8) is 0 Å². The maximum absolute atomic E-state index is 11.5. The zero-order chi connectivity index (χ0) is 17.4. The number of hydrogen-bond donors (Lipinski definition) is 7. The van der Waals surface area contributed by atoms with Crippen LogP contribution in [0.3, 0.4) is 0 Å². The number of hydrogen-bond acceptors (Lipinski definition) is 6. The molecule has 0 spiro atoms. The van der Waals surface area contributed by atoms with Crippen LogP contribution in [-0.2, 0) is 16.8 Å². The number of aromatic hydroxyl groups is 3. The lowest BCUT2D eigenvalue weighted by molar-refractivity contribution is -0.168. The van der Waals surface area contributed by atoms with Crippen molar-refractivity contribution in [2.45, 2.75) is 12.2 Å². The second-order valence-corrected chi connectivity index (χ2v) is 6.63. The van der Waals surface area contributed by atoms with Crippen molar-refractivity contribution >= 4 is 12.9 Å². The minimum absolute atomic E-state index is 0.0429. The molecule has 2 rings (SSSR count). The quantitative estimate of drug-likeness (QED) is 0.302. The third-order valence-electron chi connectivity index (χ3n) is 3.18. The van der Waals surface area contributed by atoms with Gasteiger partial charge in [-0.05, 0) is 23.8 Å². The van der Waals surface area contributed by atoms with Crippen LogP contribution in [0, 0.1) is 0 Å². The number of aliphatic hydroxyl groups is 2. The Bertz CT molecular complexity index is 763. The summed E-state index contributed by atoms with van der Waals surface area (Å²) < 4.78 is 11.5. The first kappa shape index (κ1) is 17.3. The molecule has 0 saturated carbocycles. The second kappa shape index (κ2) is 5.84. The first-order chi connectivity index (χ1) is 10.5. The molecule has 0 aliphatic heterocycles. The van der Waals surface area contributed by atoms with Crippen LogP contribution >= 0.6 is 7.60 Å². The standard InChI is InChI=1S/C14H15O8P/c15-9-3-1-8(2-4-9)7-14(18,19)13-11(17)5-10(16)6-12(13)23(20,21)22/h1-6,15-19H,7H2,(H2,20,21,22). The van der Waals surface area contributed by atoms with Crippen molar-refractivity contribution in [1.29, 1.82) is 0 Å². The van der Waals surface area contributed by atoms with Crippen molar-refractivity contribution in [3.8, 4) is 17.2 Å². The van der Waals surface area contributed by atoms with E-state index in [9.17, 15) is 39.9 Å². The smallest absolute Gasteiger partial charge is 0.356 e. The van der Waals surface area contributed by atoms with Crippen LogP contribution in [0.4, 0.5) is 0 Å². The fourth-order valence-corrected chi connectivity index (χ4v) is 3.11. The average molecular weight is 342 g/mol. The largest absolute Gasteiger partial charge is 0.508 e. The van der Waals surface area contributed by atoms with E-state index in [2.05, 4.69) is 0 Å². The minimum atomic E-state index is -5.00. The fourth-order valence-electron chi connectivity index (χ4n) is 2.22. The van der Waals surface area contributed by atoms with Gasteiger partial charge in [0.2, 0.25) is 0 Å². The van der Waals surface area contributed by atoms with Crippen molar-refractivity contribution < 1.29 is 39.9 Å². The van der Waals surface area contributed by atoms with Gasteiger partial charge >= 0.3 is 7.60 Å². The van der Waals surface area contributed by atoms with Crippen LogP contribution in [0.1, 0.15) is 11.1 Å². The van der Waals surface area contributed by atoms with E-state index in [1.165, 1.54) is 24.3 Å². The maximum Gasteiger partial charge on any atom is 0.356 e. The summed E-state index contributed by atoms with van der Waals surface area (Å²) in [4.78, 5) is 18.6. The van der Waals surface area contributed by atoms with Gasteiger partial charge in [0.25, 0.3) is 0 Å². The predicted molar refractivity (Wildman–Crippen MR) is 79.4 cm³/mol. The topological polar surface area (TPSA) is 159 Å². The molecular formula is C14H15O8P. The van der Waals surface area contributed by atoms with Gasteiger partial charge in [0.1, 0.15) is 17.2 Å².